The third-order valence-corrected chi connectivity index (χ3v) is 4.17. The lowest BCUT2D eigenvalue weighted by atomic mass is 9.95. The molecule has 22 heavy (non-hydrogen) atoms. The molecule has 1 saturated heterocycles. The van der Waals surface area contributed by atoms with Gasteiger partial charge in [0, 0.05) is 26.1 Å². The van der Waals surface area contributed by atoms with E-state index in [1.807, 2.05) is 11.6 Å². The van der Waals surface area contributed by atoms with Gasteiger partial charge in [0.1, 0.15) is 23.8 Å². The van der Waals surface area contributed by atoms with Gasteiger partial charge in [-0.3, -0.25) is 4.98 Å². The summed E-state index contributed by atoms with van der Waals surface area (Å²) in [6, 6.07) is 2.23. The average molecular weight is 298 g/mol. The number of methoxy groups -OCH3 is 1. The Balaban J connectivity index is 1.77. The molecule has 0 radical (unpaired) electrons. The van der Waals surface area contributed by atoms with Crippen molar-refractivity contribution in [2.75, 3.05) is 25.1 Å². The molecule has 0 atom stereocenters. The number of hydrogen-bond donors (Lipinski definition) is 0. The van der Waals surface area contributed by atoms with E-state index in [-0.39, 0.29) is 0 Å². The van der Waals surface area contributed by atoms with Crippen LogP contribution >= 0.6 is 0 Å². The van der Waals surface area contributed by atoms with Gasteiger partial charge in [0.05, 0.1) is 25.2 Å². The molecule has 1 aliphatic heterocycles. The van der Waals surface area contributed by atoms with Crippen molar-refractivity contribution in [1.82, 2.24) is 19.7 Å². The predicted molar refractivity (Wildman–Crippen MR) is 80.7 cm³/mol. The Kier molecular flexibility index (Phi) is 3.92. The third-order valence-electron chi connectivity index (χ3n) is 4.17. The molecule has 0 amide bonds. The van der Waals surface area contributed by atoms with E-state index in [0.717, 1.165) is 37.4 Å². The molecule has 1 fully saturated rings. The minimum Gasteiger partial charge on any atom is -0.494 e. The largest absolute Gasteiger partial charge is 0.494 e. The monoisotopic (exact) mass is 298 g/mol. The lowest BCUT2D eigenvalue weighted by Crippen LogP contribution is -2.34. The molecule has 1 aliphatic rings. The fourth-order valence-electron chi connectivity index (χ4n) is 2.98. The van der Waals surface area contributed by atoms with Gasteiger partial charge in [0.15, 0.2) is 5.75 Å². The zero-order chi connectivity index (χ0) is 15.5. The van der Waals surface area contributed by atoms with Crippen molar-refractivity contribution in [1.29, 1.82) is 5.26 Å². The molecule has 0 N–H and O–H groups in total. The van der Waals surface area contributed by atoms with Crippen LogP contribution in [0.2, 0.25) is 0 Å². The summed E-state index contributed by atoms with van der Waals surface area (Å²) in [7, 11) is 3.53. The second kappa shape index (κ2) is 6.02. The maximum Gasteiger partial charge on any atom is 0.157 e. The van der Waals surface area contributed by atoms with E-state index in [2.05, 4.69) is 26.2 Å². The van der Waals surface area contributed by atoms with E-state index >= 15 is 0 Å². The summed E-state index contributed by atoms with van der Waals surface area (Å²) in [6.45, 7) is 1.72. The SMILES string of the molecule is COc1cncc(N2CCC(c3nncn3C)CC2)c1C#N. The highest BCUT2D eigenvalue weighted by Gasteiger charge is 2.26. The third kappa shape index (κ3) is 2.48. The second-order valence-corrected chi connectivity index (χ2v) is 5.41. The van der Waals surface area contributed by atoms with Crippen LogP contribution in [-0.4, -0.2) is 39.9 Å². The molecule has 0 unspecified atom stereocenters. The molecule has 0 aliphatic carbocycles. The summed E-state index contributed by atoms with van der Waals surface area (Å²) in [6.07, 6.45) is 7.02. The van der Waals surface area contributed by atoms with Crippen LogP contribution in [0.5, 0.6) is 5.75 Å². The summed E-state index contributed by atoms with van der Waals surface area (Å²) in [5, 5.41) is 17.6. The van der Waals surface area contributed by atoms with Gasteiger partial charge in [0.25, 0.3) is 0 Å². The van der Waals surface area contributed by atoms with E-state index in [4.69, 9.17) is 4.74 Å². The first-order valence-electron chi connectivity index (χ1n) is 7.25. The number of hydrogen-bond acceptors (Lipinski definition) is 6. The van der Waals surface area contributed by atoms with E-state index < -0.39 is 0 Å². The number of pyridine rings is 1. The zero-order valence-electron chi connectivity index (χ0n) is 12.7. The molecule has 7 nitrogen and oxygen atoms in total. The van der Waals surface area contributed by atoms with Crippen LogP contribution in [0.3, 0.4) is 0 Å². The molecule has 114 valence electrons. The zero-order valence-corrected chi connectivity index (χ0v) is 12.7. The number of aryl methyl sites for hydroxylation is 1. The molecule has 0 aromatic carbocycles. The summed E-state index contributed by atoms with van der Waals surface area (Å²) >= 11 is 0. The predicted octanol–water partition coefficient (Wildman–Crippen LogP) is 1.47. The van der Waals surface area contributed by atoms with Crippen LogP contribution in [0.4, 0.5) is 5.69 Å². The molecular formula is C15H18N6O. The van der Waals surface area contributed by atoms with Crippen molar-refractivity contribution in [2.24, 2.45) is 7.05 Å². The van der Waals surface area contributed by atoms with Crippen molar-refractivity contribution in [2.45, 2.75) is 18.8 Å². The molecule has 0 saturated carbocycles. The molecule has 0 spiro atoms. The van der Waals surface area contributed by atoms with Gasteiger partial charge in [-0.2, -0.15) is 5.26 Å². The van der Waals surface area contributed by atoms with Gasteiger partial charge in [-0.25, -0.2) is 0 Å². The number of piperidine rings is 1. The van der Waals surface area contributed by atoms with Gasteiger partial charge in [-0.05, 0) is 12.8 Å². The Morgan fingerprint density at radius 3 is 2.68 bits per heavy atom. The van der Waals surface area contributed by atoms with Crippen molar-refractivity contribution >= 4 is 5.69 Å². The first kappa shape index (κ1) is 14.3. The Hall–Kier alpha value is -2.62. The van der Waals surface area contributed by atoms with Crippen LogP contribution in [0.1, 0.15) is 30.1 Å². The van der Waals surface area contributed by atoms with Crippen LogP contribution in [0.25, 0.3) is 0 Å². The Bertz CT molecular complexity index is 696. The van der Waals surface area contributed by atoms with Crippen LogP contribution < -0.4 is 9.64 Å². The highest BCUT2D eigenvalue weighted by molar-refractivity contribution is 5.63. The topological polar surface area (TPSA) is 79.9 Å². The highest BCUT2D eigenvalue weighted by Crippen LogP contribution is 2.32. The standard InChI is InChI=1S/C15H18N6O/c1-20-10-18-19-15(20)11-3-5-21(6-4-11)13-8-17-9-14(22-2)12(13)7-16/h8-11H,3-6H2,1-2H3. The lowest BCUT2D eigenvalue weighted by Gasteiger charge is -2.33. The van der Waals surface area contributed by atoms with Crippen LogP contribution in [0, 0.1) is 11.3 Å². The van der Waals surface area contributed by atoms with E-state index in [1.165, 1.54) is 0 Å². The average Bonchev–Trinajstić information content (AvgIpc) is 3.00. The van der Waals surface area contributed by atoms with Crippen LogP contribution in [-0.2, 0) is 7.05 Å². The Morgan fingerprint density at radius 1 is 1.32 bits per heavy atom. The van der Waals surface area contributed by atoms with Gasteiger partial charge in [-0.1, -0.05) is 0 Å². The fourth-order valence-corrected chi connectivity index (χ4v) is 2.98. The van der Waals surface area contributed by atoms with Gasteiger partial charge >= 0.3 is 0 Å². The Labute approximate surface area is 129 Å². The van der Waals surface area contributed by atoms with Gasteiger partial charge < -0.3 is 14.2 Å². The first-order chi connectivity index (χ1) is 10.7. The van der Waals surface area contributed by atoms with Crippen molar-refractivity contribution < 1.29 is 4.74 Å². The van der Waals surface area contributed by atoms with Crippen LogP contribution in [0.15, 0.2) is 18.7 Å². The molecular weight excluding hydrogens is 280 g/mol. The summed E-state index contributed by atoms with van der Waals surface area (Å²) < 4.78 is 7.21. The molecule has 0 bridgehead atoms. The number of anilines is 1. The maximum absolute atomic E-state index is 9.39. The van der Waals surface area contributed by atoms with Gasteiger partial charge in [0.2, 0.25) is 0 Å². The quantitative estimate of drug-likeness (QED) is 0.853. The second-order valence-electron chi connectivity index (χ2n) is 5.41. The van der Waals surface area contributed by atoms with Crippen molar-refractivity contribution in [3.05, 3.63) is 30.1 Å². The fraction of sp³-hybridized carbons (Fsp3) is 0.467. The Morgan fingerprint density at radius 2 is 2.09 bits per heavy atom. The molecule has 2 aromatic heterocycles. The summed E-state index contributed by atoms with van der Waals surface area (Å²) in [4.78, 5) is 6.37. The van der Waals surface area contributed by atoms with Crippen molar-refractivity contribution in [3.63, 3.8) is 0 Å². The lowest BCUT2D eigenvalue weighted by molar-refractivity contribution is 0.411. The molecule has 3 heterocycles. The van der Waals surface area contributed by atoms with E-state index in [0.29, 0.717) is 17.2 Å². The number of ether oxygens (including phenoxy) is 1. The van der Waals surface area contributed by atoms with E-state index in [1.54, 1.807) is 25.8 Å². The number of rotatable bonds is 3. The first-order valence-corrected chi connectivity index (χ1v) is 7.25. The van der Waals surface area contributed by atoms with Crippen molar-refractivity contribution in [3.8, 4) is 11.8 Å². The number of nitriles is 1. The van der Waals surface area contributed by atoms with Gasteiger partial charge in [-0.15, -0.1) is 10.2 Å². The maximum atomic E-state index is 9.39. The minimum absolute atomic E-state index is 0.410. The summed E-state index contributed by atoms with van der Waals surface area (Å²) in [5.74, 6) is 1.97. The molecule has 7 heteroatoms. The number of aromatic nitrogens is 4. The number of nitrogens with zero attached hydrogens (tertiary/aromatic N) is 6. The highest BCUT2D eigenvalue weighted by atomic mass is 16.5. The molecule has 2 aromatic rings. The summed E-state index contributed by atoms with van der Waals surface area (Å²) in [5.41, 5.74) is 1.40. The van der Waals surface area contributed by atoms with E-state index in [9.17, 15) is 5.26 Å². The molecule has 3 rings (SSSR count). The normalized spacial score (nSPS) is 15.6. The smallest absolute Gasteiger partial charge is 0.157 e. The minimum atomic E-state index is 0.410.